The number of aromatic nitrogens is 6. The lowest BCUT2D eigenvalue weighted by molar-refractivity contribution is 0.600. The van der Waals surface area contributed by atoms with E-state index in [4.69, 9.17) is 0 Å². The molecule has 0 spiro atoms. The molecule has 2 aromatic carbocycles. The molecule has 0 bridgehead atoms. The molecule has 2 heterocycles. The number of aryl methyl sites for hydroxylation is 1. The number of hydrogen-bond acceptors (Lipinski definition) is 9. The van der Waals surface area contributed by atoms with E-state index < -0.39 is 15.8 Å². The molecule has 2 aromatic heterocycles. The zero-order chi connectivity index (χ0) is 23.6. The van der Waals surface area contributed by atoms with Crippen molar-refractivity contribution in [3.8, 4) is 11.4 Å². The average Bonchev–Trinajstić information content (AvgIpc) is 3.29. The molecule has 170 valence electrons. The van der Waals surface area contributed by atoms with E-state index in [0.29, 0.717) is 23.0 Å². The van der Waals surface area contributed by atoms with Crippen molar-refractivity contribution in [1.82, 2.24) is 30.6 Å². The first-order chi connectivity index (χ1) is 15.7. The second-order valence-electron chi connectivity index (χ2n) is 7.24. The molecule has 0 saturated carbocycles. The van der Waals surface area contributed by atoms with Gasteiger partial charge in [-0.25, -0.2) is 22.8 Å². The maximum absolute atomic E-state index is 14.1. The lowest BCUT2D eigenvalue weighted by atomic mass is 10.2. The van der Waals surface area contributed by atoms with Gasteiger partial charge in [-0.1, -0.05) is 0 Å². The van der Waals surface area contributed by atoms with Crippen molar-refractivity contribution in [2.75, 3.05) is 29.0 Å². The van der Waals surface area contributed by atoms with Gasteiger partial charge in [0.2, 0.25) is 5.82 Å². The Bertz CT molecular complexity index is 1380. The van der Waals surface area contributed by atoms with Gasteiger partial charge >= 0.3 is 0 Å². The summed E-state index contributed by atoms with van der Waals surface area (Å²) in [5.74, 6) is 1.28. The maximum Gasteiger partial charge on any atom is 0.261 e. The van der Waals surface area contributed by atoms with Crippen LogP contribution in [0, 0.1) is 12.7 Å². The van der Waals surface area contributed by atoms with Crippen LogP contribution in [0.15, 0.2) is 53.4 Å². The minimum absolute atomic E-state index is 0.0441. The van der Waals surface area contributed by atoms with Gasteiger partial charge in [-0.3, -0.25) is 4.72 Å². The fraction of sp³-hybridized carbons (Fsp3) is 0.150. The van der Waals surface area contributed by atoms with Crippen LogP contribution in [0.4, 0.5) is 27.4 Å². The van der Waals surface area contributed by atoms with E-state index in [1.807, 2.05) is 19.0 Å². The van der Waals surface area contributed by atoms with Gasteiger partial charge in [0.15, 0.2) is 0 Å². The lowest BCUT2D eigenvalue weighted by Gasteiger charge is -2.14. The van der Waals surface area contributed by atoms with E-state index in [2.05, 4.69) is 40.6 Å². The first-order valence-corrected chi connectivity index (χ1v) is 11.2. The van der Waals surface area contributed by atoms with Crippen molar-refractivity contribution in [1.29, 1.82) is 0 Å². The van der Waals surface area contributed by atoms with Crippen LogP contribution in [0.5, 0.6) is 0 Å². The highest BCUT2D eigenvalue weighted by Gasteiger charge is 2.19. The molecule has 3 N–H and O–H groups in total. The van der Waals surface area contributed by atoms with Gasteiger partial charge < -0.3 is 10.2 Å². The Kier molecular flexibility index (Phi) is 5.87. The number of aromatic amines is 1. The molecule has 13 heteroatoms. The van der Waals surface area contributed by atoms with Crippen LogP contribution < -0.4 is 14.9 Å². The molecule has 0 aliphatic carbocycles. The Morgan fingerprint density at radius 3 is 2.39 bits per heavy atom. The zero-order valence-corrected chi connectivity index (χ0v) is 18.7. The summed E-state index contributed by atoms with van der Waals surface area (Å²) < 4.78 is 42.2. The number of rotatable bonds is 7. The molecule has 0 fully saturated rings. The lowest BCUT2D eigenvalue weighted by Crippen LogP contribution is -2.13. The molecule has 0 aliphatic heterocycles. The highest BCUT2D eigenvalue weighted by Crippen LogP contribution is 2.25. The second-order valence-corrected chi connectivity index (χ2v) is 8.92. The minimum Gasteiger partial charge on any atom is -0.363 e. The molecule has 0 amide bonds. The normalized spacial score (nSPS) is 11.3. The third kappa shape index (κ3) is 5.03. The van der Waals surface area contributed by atoms with Crippen LogP contribution in [0.25, 0.3) is 11.4 Å². The summed E-state index contributed by atoms with van der Waals surface area (Å²) in [4.78, 5) is 10.4. The summed E-state index contributed by atoms with van der Waals surface area (Å²) in [7, 11) is -0.210. The number of nitrogens with one attached hydrogen (secondary N) is 3. The summed E-state index contributed by atoms with van der Waals surface area (Å²) in [6.45, 7) is 1.80. The van der Waals surface area contributed by atoms with E-state index in [0.717, 1.165) is 24.0 Å². The van der Waals surface area contributed by atoms with E-state index in [9.17, 15) is 12.8 Å². The Balaban J connectivity index is 1.52. The zero-order valence-electron chi connectivity index (χ0n) is 17.9. The van der Waals surface area contributed by atoms with Crippen molar-refractivity contribution in [3.05, 3.63) is 60.2 Å². The van der Waals surface area contributed by atoms with Gasteiger partial charge in [0.25, 0.3) is 10.0 Å². The molecule has 33 heavy (non-hydrogen) atoms. The highest BCUT2D eigenvalue weighted by molar-refractivity contribution is 7.92. The van der Waals surface area contributed by atoms with E-state index >= 15 is 0 Å². The summed E-state index contributed by atoms with van der Waals surface area (Å²) in [6.07, 6.45) is 0. The third-order valence-corrected chi connectivity index (χ3v) is 5.91. The number of benzene rings is 2. The molecule has 0 radical (unpaired) electrons. The number of tetrazole rings is 1. The number of anilines is 4. The summed E-state index contributed by atoms with van der Waals surface area (Å²) in [5.41, 5.74) is 0.962. The van der Waals surface area contributed by atoms with Crippen LogP contribution in [-0.4, -0.2) is 53.1 Å². The van der Waals surface area contributed by atoms with Crippen LogP contribution >= 0.6 is 0 Å². The number of halogens is 1. The topological polar surface area (TPSA) is 142 Å². The van der Waals surface area contributed by atoms with Gasteiger partial charge in [0.05, 0.1) is 10.5 Å². The molecule has 0 atom stereocenters. The van der Waals surface area contributed by atoms with Crippen LogP contribution in [0.2, 0.25) is 0 Å². The monoisotopic (exact) mass is 469 g/mol. The van der Waals surface area contributed by atoms with Crippen LogP contribution in [0.1, 0.15) is 5.82 Å². The first-order valence-electron chi connectivity index (χ1n) is 9.67. The minimum atomic E-state index is -3.99. The summed E-state index contributed by atoms with van der Waals surface area (Å²) in [6, 6.07) is 11.8. The van der Waals surface area contributed by atoms with Crippen molar-refractivity contribution in [3.63, 3.8) is 0 Å². The van der Waals surface area contributed by atoms with Crippen molar-refractivity contribution in [2.24, 2.45) is 0 Å². The molecule has 4 rings (SSSR count). The molecular formula is C20H20FN9O2S. The predicted octanol–water partition coefficient (Wildman–Crippen LogP) is 2.71. The van der Waals surface area contributed by atoms with Crippen molar-refractivity contribution in [2.45, 2.75) is 11.8 Å². The predicted molar refractivity (Wildman–Crippen MR) is 121 cm³/mol. The van der Waals surface area contributed by atoms with E-state index in [-0.39, 0.29) is 16.3 Å². The van der Waals surface area contributed by atoms with Gasteiger partial charge in [0.1, 0.15) is 23.3 Å². The van der Waals surface area contributed by atoms with E-state index in [1.54, 1.807) is 37.3 Å². The van der Waals surface area contributed by atoms with Crippen LogP contribution in [-0.2, 0) is 10.0 Å². The maximum atomic E-state index is 14.1. The molecule has 0 aliphatic rings. The molecule has 0 unspecified atom stereocenters. The van der Waals surface area contributed by atoms with Gasteiger partial charge in [0, 0.05) is 31.5 Å². The van der Waals surface area contributed by atoms with Crippen LogP contribution in [0.3, 0.4) is 0 Å². The largest absolute Gasteiger partial charge is 0.363 e. The third-order valence-electron chi connectivity index (χ3n) is 4.53. The van der Waals surface area contributed by atoms with Crippen molar-refractivity contribution < 1.29 is 12.8 Å². The number of H-pyrrole nitrogens is 1. The second kappa shape index (κ2) is 8.78. The van der Waals surface area contributed by atoms with Gasteiger partial charge in [-0.05, 0) is 54.6 Å². The molecule has 11 nitrogen and oxygen atoms in total. The number of hydrogen-bond donors (Lipinski definition) is 3. The van der Waals surface area contributed by atoms with E-state index in [1.165, 1.54) is 0 Å². The fourth-order valence-corrected chi connectivity index (χ4v) is 4.03. The molecule has 4 aromatic rings. The Hall–Kier alpha value is -4.13. The van der Waals surface area contributed by atoms with Crippen molar-refractivity contribution >= 4 is 33.0 Å². The van der Waals surface area contributed by atoms with Gasteiger partial charge in [-0.15, -0.1) is 10.2 Å². The number of nitrogens with zero attached hydrogens (tertiary/aromatic N) is 6. The first kappa shape index (κ1) is 22.1. The Morgan fingerprint density at radius 1 is 1.00 bits per heavy atom. The van der Waals surface area contributed by atoms with Gasteiger partial charge in [-0.2, -0.15) is 5.21 Å². The number of sulfonamides is 1. The standard InChI is InChI=1S/C20H20FN9O2S/c1-12-22-18(11-19(23-12)30(2)3)24-13-4-6-14(7-5-13)27-33(31,32)15-8-9-17(21)16(10-15)20-25-28-29-26-20/h4-11,27H,1-3H3,(H,22,23,24)(H,25,26,28,29). The molecule has 0 saturated heterocycles. The highest BCUT2D eigenvalue weighted by atomic mass is 32.2. The smallest absolute Gasteiger partial charge is 0.261 e. The average molecular weight is 470 g/mol. The Morgan fingerprint density at radius 2 is 1.73 bits per heavy atom. The molecular weight excluding hydrogens is 449 g/mol. The SMILES string of the molecule is Cc1nc(Nc2ccc(NS(=O)(=O)c3ccc(F)c(-c4nn[nH]n4)c3)cc2)cc(N(C)C)n1. The summed E-state index contributed by atoms with van der Waals surface area (Å²) in [5, 5.41) is 16.1. The summed E-state index contributed by atoms with van der Waals surface area (Å²) >= 11 is 0. The Labute approximate surface area is 189 Å². The fourth-order valence-electron chi connectivity index (χ4n) is 2.95. The quantitative estimate of drug-likeness (QED) is 0.372.